The molecule has 114 valence electrons. The number of ether oxygens (including phenoxy) is 1. The van der Waals surface area contributed by atoms with Crippen molar-refractivity contribution in [3.05, 3.63) is 10.6 Å². The SMILES string of the molecule is CCCNC(CC1CCOCC1)c1snnc1C(C)C. The highest BCUT2D eigenvalue weighted by Crippen LogP contribution is 2.33. The fourth-order valence-corrected chi connectivity index (χ4v) is 3.66. The molecule has 0 amide bonds. The van der Waals surface area contributed by atoms with Gasteiger partial charge in [0.05, 0.1) is 10.6 Å². The van der Waals surface area contributed by atoms with Crippen LogP contribution in [0.5, 0.6) is 0 Å². The lowest BCUT2D eigenvalue weighted by Crippen LogP contribution is -2.27. The molecular formula is C15H27N3OS. The van der Waals surface area contributed by atoms with Gasteiger partial charge in [0.2, 0.25) is 0 Å². The van der Waals surface area contributed by atoms with E-state index in [0.717, 1.165) is 32.1 Å². The van der Waals surface area contributed by atoms with Gasteiger partial charge in [-0.25, -0.2) is 0 Å². The summed E-state index contributed by atoms with van der Waals surface area (Å²) in [7, 11) is 0. The van der Waals surface area contributed by atoms with Crippen molar-refractivity contribution in [3.63, 3.8) is 0 Å². The van der Waals surface area contributed by atoms with E-state index < -0.39 is 0 Å². The van der Waals surface area contributed by atoms with Gasteiger partial charge in [-0.05, 0) is 55.6 Å². The molecule has 1 atom stereocenters. The number of rotatable bonds is 7. The maximum absolute atomic E-state index is 5.47. The largest absolute Gasteiger partial charge is 0.381 e. The van der Waals surface area contributed by atoms with Crippen LogP contribution in [0.4, 0.5) is 0 Å². The summed E-state index contributed by atoms with van der Waals surface area (Å²) in [5.41, 5.74) is 1.18. The molecule has 1 aliphatic rings. The van der Waals surface area contributed by atoms with Crippen LogP contribution in [0.2, 0.25) is 0 Å². The zero-order chi connectivity index (χ0) is 14.4. The Morgan fingerprint density at radius 3 is 2.75 bits per heavy atom. The van der Waals surface area contributed by atoms with E-state index >= 15 is 0 Å². The van der Waals surface area contributed by atoms with Gasteiger partial charge in [-0.3, -0.25) is 0 Å². The Balaban J connectivity index is 2.07. The van der Waals surface area contributed by atoms with Gasteiger partial charge in [0.15, 0.2) is 0 Å². The first-order valence-corrected chi connectivity index (χ1v) is 8.63. The Labute approximate surface area is 126 Å². The molecule has 1 aromatic rings. The van der Waals surface area contributed by atoms with Gasteiger partial charge in [0.25, 0.3) is 0 Å². The molecule has 0 aromatic carbocycles. The van der Waals surface area contributed by atoms with Crippen molar-refractivity contribution in [3.8, 4) is 0 Å². The Kier molecular flexibility index (Phi) is 6.39. The summed E-state index contributed by atoms with van der Waals surface area (Å²) in [5.74, 6) is 1.21. The molecular weight excluding hydrogens is 270 g/mol. The topological polar surface area (TPSA) is 47.0 Å². The molecule has 4 nitrogen and oxygen atoms in total. The van der Waals surface area contributed by atoms with Gasteiger partial charge in [-0.15, -0.1) is 5.10 Å². The predicted molar refractivity (Wildman–Crippen MR) is 83.2 cm³/mol. The smallest absolute Gasteiger partial charge is 0.0829 e. The molecule has 0 bridgehead atoms. The van der Waals surface area contributed by atoms with Gasteiger partial charge in [0.1, 0.15) is 0 Å². The maximum Gasteiger partial charge on any atom is 0.0829 e. The second-order valence-electron chi connectivity index (χ2n) is 5.98. The quantitative estimate of drug-likeness (QED) is 0.836. The van der Waals surface area contributed by atoms with Crippen molar-refractivity contribution in [1.82, 2.24) is 14.9 Å². The van der Waals surface area contributed by atoms with Gasteiger partial charge < -0.3 is 10.1 Å². The van der Waals surface area contributed by atoms with E-state index in [-0.39, 0.29) is 0 Å². The van der Waals surface area contributed by atoms with Crippen LogP contribution in [-0.4, -0.2) is 29.3 Å². The van der Waals surface area contributed by atoms with E-state index in [9.17, 15) is 0 Å². The highest BCUT2D eigenvalue weighted by atomic mass is 32.1. The van der Waals surface area contributed by atoms with Crippen LogP contribution in [0.1, 0.15) is 69.0 Å². The first-order valence-electron chi connectivity index (χ1n) is 7.85. The van der Waals surface area contributed by atoms with Crippen molar-refractivity contribution in [1.29, 1.82) is 0 Å². The second-order valence-corrected chi connectivity index (χ2v) is 6.76. The fourth-order valence-electron chi connectivity index (χ4n) is 2.76. The lowest BCUT2D eigenvalue weighted by Gasteiger charge is -2.27. The lowest BCUT2D eigenvalue weighted by atomic mass is 9.90. The molecule has 0 spiro atoms. The second kappa shape index (κ2) is 8.05. The third-order valence-corrected chi connectivity index (χ3v) is 4.81. The molecule has 2 heterocycles. The standard InChI is InChI=1S/C15H27N3OS/c1-4-7-16-13(10-12-5-8-19-9-6-12)15-14(11(2)3)17-18-20-15/h11-13,16H,4-10H2,1-3H3. The van der Waals surface area contributed by atoms with Crippen molar-refractivity contribution in [2.45, 2.75) is 58.4 Å². The maximum atomic E-state index is 5.47. The molecule has 1 fully saturated rings. The molecule has 1 unspecified atom stereocenters. The normalized spacial score (nSPS) is 18.6. The van der Waals surface area contributed by atoms with Crippen molar-refractivity contribution in [2.75, 3.05) is 19.8 Å². The van der Waals surface area contributed by atoms with Gasteiger partial charge in [0, 0.05) is 19.3 Å². The molecule has 5 heteroatoms. The molecule has 20 heavy (non-hydrogen) atoms. The van der Waals surface area contributed by atoms with Crippen LogP contribution >= 0.6 is 11.5 Å². The fraction of sp³-hybridized carbons (Fsp3) is 0.867. The average Bonchev–Trinajstić information content (AvgIpc) is 2.94. The zero-order valence-corrected chi connectivity index (χ0v) is 13.7. The molecule has 0 aliphatic carbocycles. The third-order valence-electron chi connectivity index (χ3n) is 3.95. The Morgan fingerprint density at radius 2 is 2.10 bits per heavy atom. The number of aromatic nitrogens is 2. The van der Waals surface area contributed by atoms with E-state index in [0.29, 0.717) is 12.0 Å². The van der Waals surface area contributed by atoms with Crippen molar-refractivity contribution in [2.24, 2.45) is 5.92 Å². The minimum atomic E-state index is 0.412. The average molecular weight is 297 g/mol. The van der Waals surface area contributed by atoms with Crippen LogP contribution in [-0.2, 0) is 4.74 Å². The summed E-state index contributed by atoms with van der Waals surface area (Å²) in [4.78, 5) is 1.35. The minimum Gasteiger partial charge on any atom is -0.381 e. The Morgan fingerprint density at radius 1 is 1.35 bits per heavy atom. The molecule has 2 rings (SSSR count). The number of nitrogens with zero attached hydrogens (tertiary/aromatic N) is 2. The third kappa shape index (κ3) is 4.24. The first-order chi connectivity index (χ1) is 9.72. The molecule has 0 saturated carbocycles. The molecule has 1 aliphatic heterocycles. The summed E-state index contributed by atoms with van der Waals surface area (Å²) >= 11 is 1.57. The van der Waals surface area contributed by atoms with Gasteiger partial charge in [-0.2, -0.15) is 0 Å². The van der Waals surface area contributed by atoms with Crippen LogP contribution in [0.3, 0.4) is 0 Å². The summed E-state index contributed by atoms with van der Waals surface area (Å²) < 4.78 is 9.67. The number of hydrogen-bond acceptors (Lipinski definition) is 5. The Hall–Kier alpha value is -0.520. The van der Waals surface area contributed by atoms with E-state index in [1.165, 1.54) is 29.8 Å². The van der Waals surface area contributed by atoms with E-state index in [4.69, 9.17) is 4.74 Å². The molecule has 1 saturated heterocycles. The molecule has 1 aromatic heterocycles. The Bertz CT molecular complexity index is 388. The monoisotopic (exact) mass is 297 g/mol. The van der Waals surface area contributed by atoms with Crippen LogP contribution in [0, 0.1) is 5.92 Å². The van der Waals surface area contributed by atoms with Crippen molar-refractivity contribution >= 4 is 11.5 Å². The summed E-state index contributed by atoms with van der Waals surface area (Å²) in [5, 5.41) is 8.05. The number of hydrogen-bond donors (Lipinski definition) is 1. The van der Waals surface area contributed by atoms with Crippen LogP contribution < -0.4 is 5.32 Å². The summed E-state index contributed by atoms with van der Waals surface area (Å²) in [6, 6.07) is 0.412. The zero-order valence-electron chi connectivity index (χ0n) is 12.9. The number of nitrogens with one attached hydrogen (secondary N) is 1. The van der Waals surface area contributed by atoms with Gasteiger partial charge in [-0.1, -0.05) is 25.3 Å². The lowest BCUT2D eigenvalue weighted by molar-refractivity contribution is 0.0606. The minimum absolute atomic E-state index is 0.412. The summed E-state index contributed by atoms with van der Waals surface area (Å²) in [6.45, 7) is 9.51. The van der Waals surface area contributed by atoms with E-state index in [1.807, 2.05) is 0 Å². The molecule has 1 N–H and O–H groups in total. The van der Waals surface area contributed by atoms with Crippen molar-refractivity contribution < 1.29 is 4.74 Å². The summed E-state index contributed by atoms with van der Waals surface area (Å²) in [6.07, 6.45) is 4.72. The van der Waals surface area contributed by atoms with E-state index in [2.05, 4.69) is 35.7 Å². The van der Waals surface area contributed by atoms with Crippen LogP contribution in [0.15, 0.2) is 0 Å². The molecule has 0 radical (unpaired) electrons. The highest BCUT2D eigenvalue weighted by Gasteiger charge is 2.25. The van der Waals surface area contributed by atoms with Crippen LogP contribution in [0.25, 0.3) is 0 Å². The van der Waals surface area contributed by atoms with E-state index in [1.54, 1.807) is 11.5 Å². The van der Waals surface area contributed by atoms with Gasteiger partial charge >= 0.3 is 0 Å². The highest BCUT2D eigenvalue weighted by molar-refractivity contribution is 7.05. The first kappa shape index (κ1) is 15.9. The predicted octanol–water partition coefficient (Wildman–Crippen LogP) is 3.52.